The van der Waals surface area contributed by atoms with Gasteiger partial charge in [0.05, 0.1) is 12.3 Å². The van der Waals surface area contributed by atoms with E-state index in [1.165, 1.54) is 11.8 Å². The molecule has 1 aliphatic rings. The average molecular weight is 429 g/mol. The fourth-order valence-corrected chi connectivity index (χ4v) is 4.23. The Kier molecular flexibility index (Phi) is 6.92. The SMILES string of the molecule is CC(=O)Nc1ccc(SCCCCOc2cc(C)c3c(c2)C(C)(C)OC(=O)N3)cc1. The summed E-state index contributed by atoms with van der Waals surface area (Å²) in [6, 6.07) is 11.8. The lowest BCUT2D eigenvalue weighted by Crippen LogP contribution is -2.35. The van der Waals surface area contributed by atoms with Crippen LogP contribution in [0.4, 0.5) is 16.2 Å². The van der Waals surface area contributed by atoms with E-state index in [0.29, 0.717) is 6.61 Å². The van der Waals surface area contributed by atoms with Crippen molar-refractivity contribution in [3.8, 4) is 5.75 Å². The number of fused-ring (bicyclic) bond motifs is 1. The van der Waals surface area contributed by atoms with Gasteiger partial charge in [0.2, 0.25) is 5.91 Å². The molecule has 0 spiro atoms. The molecule has 2 aromatic carbocycles. The number of carbonyl (C=O) groups excluding carboxylic acids is 2. The van der Waals surface area contributed by atoms with Gasteiger partial charge in [0.1, 0.15) is 11.4 Å². The van der Waals surface area contributed by atoms with E-state index in [0.717, 1.165) is 46.8 Å². The summed E-state index contributed by atoms with van der Waals surface area (Å²) >= 11 is 1.79. The van der Waals surface area contributed by atoms with Crippen LogP contribution in [0.15, 0.2) is 41.3 Å². The summed E-state index contributed by atoms with van der Waals surface area (Å²) in [5, 5.41) is 5.55. The smallest absolute Gasteiger partial charge is 0.412 e. The average Bonchev–Trinajstić information content (AvgIpc) is 2.66. The first-order chi connectivity index (χ1) is 14.2. The van der Waals surface area contributed by atoms with Crippen LogP contribution in [-0.2, 0) is 15.1 Å². The number of aryl methyl sites for hydroxylation is 1. The molecule has 6 nitrogen and oxygen atoms in total. The zero-order chi connectivity index (χ0) is 21.7. The number of unbranched alkanes of at least 4 members (excludes halogenated alkanes) is 1. The maximum Gasteiger partial charge on any atom is 0.412 e. The van der Waals surface area contributed by atoms with Gasteiger partial charge in [-0.1, -0.05) is 0 Å². The molecule has 2 amide bonds. The summed E-state index contributed by atoms with van der Waals surface area (Å²) in [4.78, 5) is 24.0. The minimum atomic E-state index is -0.687. The molecule has 2 N–H and O–H groups in total. The maximum absolute atomic E-state index is 11.7. The molecule has 160 valence electrons. The number of ether oxygens (including phenoxy) is 2. The van der Waals surface area contributed by atoms with Gasteiger partial charge < -0.3 is 14.8 Å². The van der Waals surface area contributed by atoms with Gasteiger partial charge in [-0.05, 0) is 81.3 Å². The van der Waals surface area contributed by atoms with Gasteiger partial charge in [0.15, 0.2) is 0 Å². The largest absolute Gasteiger partial charge is 0.494 e. The van der Waals surface area contributed by atoms with Crippen molar-refractivity contribution in [2.45, 2.75) is 51.0 Å². The quantitative estimate of drug-likeness (QED) is 0.416. The van der Waals surface area contributed by atoms with Gasteiger partial charge in [-0.3, -0.25) is 10.1 Å². The lowest BCUT2D eigenvalue weighted by atomic mass is 9.92. The fourth-order valence-electron chi connectivity index (χ4n) is 3.31. The van der Waals surface area contributed by atoms with Crippen molar-refractivity contribution >= 4 is 35.1 Å². The molecule has 30 heavy (non-hydrogen) atoms. The van der Waals surface area contributed by atoms with E-state index in [2.05, 4.69) is 10.6 Å². The molecule has 1 aliphatic heterocycles. The normalized spacial score (nSPS) is 14.3. The minimum Gasteiger partial charge on any atom is -0.494 e. The third-order valence-corrected chi connectivity index (χ3v) is 5.88. The Morgan fingerprint density at radius 1 is 1.20 bits per heavy atom. The van der Waals surface area contributed by atoms with Gasteiger partial charge in [-0.15, -0.1) is 11.8 Å². The number of hydrogen-bond acceptors (Lipinski definition) is 5. The van der Waals surface area contributed by atoms with Crippen molar-refractivity contribution in [1.82, 2.24) is 0 Å². The third-order valence-electron chi connectivity index (χ3n) is 4.78. The number of carbonyl (C=O) groups is 2. The number of thioether (sulfide) groups is 1. The molecular weight excluding hydrogens is 400 g/mol. The maximum atomic E-state index is 11.7. The topological polar surface area (TPSA) is 76.7 Å². The number of hydrogen-bond donors (Lipinski definition) is 2. The predicted octanol–water partition coefficient (Wildman–Crippen LogP) is 5.70. The summed E-state index contributed by atoms with van der Waals surface area (Å²) in [5.41, 5.74) is 2.83. The molecule has 0 saturated heterocycles. The molecule has 2 aromatic rings. The highest BCUT2D eigenvalue weighted by Crippen LogP contribution is 2.39. The summed E-state index contributed by atoms with van der Waals surface area (Å²) in [5.74, 6) is 1.73. The molecule has 0 aliphatic carbocycles. The van der Waals surface area contributed by atoms with Crippen molar-refractivity contribution in [1.29, 1.82) is 0 Å². The lowest BCUT2D eigenvalue weighted by Gasteiger charge is -2.33. The Bertz CT molecular complexity index is 926. The molecule has 0 fully saturated rings. The van der Waals surface area contributed by atoms with Crippen LogP contribution in [0.3, 0.4) is 0 Å². The Labute approximate surface area is 181 Å². The first-order valence-electron chi connectivity index (χ1n) is 10.0. The number of nitrogens with one attached hydrogen (secondary N) is 2. The Balaban J connectivity index is 1.44. The van der Waals surface area contributed by atoms with E-state index in [4.69, 9.17) is 9.47 Å². The highest BCUT2D eigenvalue weighted by atomic mass is 32.2. The third kappa shape index (κ3) is 5.69. The van der Waals surface area contributed by atoms with Crippen molar-refractivity contribution in [3.63, 3.8) is 0 Å². The van der Waals surface area contributed by atoms with Crippen LogP contribution in [0.2, 0.25) is 0 Å². The summed E-state index contributed by atoms with van der Waals surface area (Å²) in [6.07, 6.45) is 1.56. The van der Waals surface area contributed by atoms with Crippen molar-refractivity contribution in [2.75, 3.05) is 23.0 Å². The lowest BCUT2D eigenvalue weighted by molar-refractivity contribution is -0.114. The summed E-state index contributed by atoms with van der Waals surface area (Å²) < 4.78 is 11.4. The van der Waals surface area contributed by atoms with Gasteiger partial charge in [0.25, 0.3) is 0 Å². The van der Waals surface area contributed by atoms with E-state index >= 15 is 0 Å². The Morgan fingerprint density at radius 2 is 1.93 bits per heavy atom. The highest BCUT2D eigenvalue weighted by molar-refractivity contribution is 7.99. The van der Waals surface area contributed by atoms with Crippen LogP contribution in [0.1, 0.15) is 44.7 Å². The highest BCUT2D eigenvalue weighted by Gasteiger charge is 2.34. The van der Waals surface area contributed by atoms with Crippen LogP contribution in [0.25, 0.3) is 0 Å². The van der Waals surface area contributed by atoms with E-state index in [1.807, 2.05) is 57.2 Å². The first-order valence-corrected chi connectivity index (χ1v) is 11.0. The number of amides is 2. The zero-order valence-electron chi connectivity index (χ0n) is 17.8. The van der Waals surface area contributed by atoms with Crippen LogP contribution < -0.4 is 15.4 Å². The van der Waals surface area contributed by atoms with Gasteiger partial charge in [0, 0.05) is 23.1 Å². The summed E-state index contributed by atoms with van der Waals surface area (Å²) in [7, 11) is 0. The molecule has 7 heteroatoms. The van der Waals surface area contributed by atoms with E-state index in [1.54, 1.807) is 11.8 Å². The Morgan fingerprint density at radius 3 is 2.63 bits per heavy atom. The standard InChI is InChI=1S/C23H28N2O4S/c1-15-13-18(14-20-21(15)25-22(27)29-23(20,3)4)28-11-5-6-12-30-19-9-7-17(8-10-19)24-16(2)26/h7-10,13-14H,5-6,11-12H2,1-4H3,(H,24,26)(H,25,27). The monoisotopic (exact) mass is 428 g/mol. The summed E-state index contributed by atoms with van der Waals surface area (Å²) in [6.45, 7) is 7.86. The molecule has 0 atom stereocenters. The van der Waals surface area contributed by atoms with Gasteiger partial charge >= 0.3 is 6.09 Å². The van der Waals surface area contributed by atoms with Crippen LogP contribution in [0.5, 0.6) is 5.75 Å². The van der Waals surface area contributed by atoms with E-state index in [9.17, 15) is 9.59 Å². The molecule has 0 saturated carbocycles. The molecular formula is C23H28N2O4S. The first kappa shape index (κ1) is 22.0. The second kappa shape index (κ2) is 9.43. The van der Waals surface area contributed by atoms with Crippen LogP contribution >= 0.6 is 11.8 Å². The Hall–Kier alpha value is -2.67. The molecule has 0 aromatic heterocycles. The fraction of sp³-hybridized carbons (Fsp3) is 0.391. The number of anilines is 2. The second-order valence-electron chi connectivity index (χ2n) is 7.80. The zero-order valence-corrected chi connectivity index (χ0v) is 18.7. The number of rotatable bonds is 8. The number of cyclic esters (lactones) is 1. The van der Waals surface area contributed by atoms with Crippen molar-refractivity contribution in [2.24, 2.45) is 0 Å². The minimum absolute atomic E-state index is 0.0645. The molecule has 0 bridgehead atoms. The molecule has 1 heterocycles. The van der Waals surface area contributed by atoms with E-state index in [-0.39, 0.29) is 5.91 Å². The van der Waals surface area contributed by atoms with Gasteiger partial charge in [-0.2, -0.15) is 0 Å². The second-order valence-corrected chi connectivity index (χ2v) is 8.97. The predicted molar refractivity (Wildman–Crippen MR) is 121 cm³/mol. The van der Waals surface area contributed by atoms with Crippen molar-refractivity contribution in [3.05, 3.63) is 47.5 Å². The molecule has 3 rings (SSSR count). The number of benzene rings is 2. The molecule has 0 unspecified atom stereocenters. The van der Waals surface area contributed by atoms with Crippen molar-refractivity contribution < 1.29 is 19.1 Å². The van der Waals surface area contributed by atoms with Gasteiger partial charge in [-0.25, -0.2) is 4.79 Å². The molecule has 0 radical (unpaired) electrons. The van der Waals surface area contributed by atoms with Crippen LogP contribution in [0, 0.1) is 6.92 Å². The van der Waals surface area contributed by atoms with Crippen LogP contribution in [-0.4, -0.2) is 24.4 Å². The van der Waals surface area contributed by atoms with E-state index < -0.39 is 11.7 Å².